The van der Waals surface area contributed by atoms with Crippen LogP contribution in [0.5, 0.6) is 0 Å². The summed E-state index contributed by atoms with van der Waals surface area (Å²) in [7, 11) is 0. The number of nitrogens with two attached hydrogens (primary N) is 1. The van der Waals surface area contributed by atoms with Gasteiger partial charge in [-0.1, -0.05) is 12.1 Å². The Morgan fingerprint density at radius 2 is 2.16 bits per heavy atom. The molecule has 0 fully saturated rings. The van der Waals surface area contributed by atoms with Gasteiger partial charge in [0.1, 0.15) is 17.7 Å². The summed E-state index contributed by atoms with van der Waals surface area (Å²) in [5, 5.41) is 11.4. The van der Waals surface area contributed by atoms with Crippen LogP contribution in [0.15, 0.2) is 36.5 Å². The Kier molecular flexibility index (Phi) is 3.39. The fraction of sp³-hybridized carbons (Fsp3) is 0. The van der Waals surface area contributed by atoms with E-state index in [1.54, 1.807) is 24.3 Å². The minimum atomic E-state index is -0.659. The topological polar surface area (TPSA) is 91.8 Å². The number of rotatable bonds is 2. The van der Waals surface area contributed by atoms with Gasteiger partial charge in [-0.25, -0.2) is 9.37 Å². The number of pyridine rings is 1. The van der Waals surface area contributed by atoms with Gasteiger partial charge < -0.3 is 11.1 Å². The maximum absolute atomic E-state index is 13.0. The van der Waals surface area contributed by atoms with Gasteiger partial charge in [-0.15, -0.1) is 0 Å². The Morgan fingerprint density at radius 1 is 1.42 bits per heavy atom. The number of hydrogen-bond donors (Lipinski definition) is 2. The van der Waals surface area contributed by atoms with Crippen molar-refractivity contribution in [2.45, 2.75) is 0 Å². The highest BCUT2D eigenvalue weighted by Crippen LogP contribution is 2.17. The van der Waals surface area contributed by atoms with Crippen LogP contribution in [0.4, 0.5) is 15.9 Å². The number of nitrogen functional groups attached to an aromatic ring is 1. The number of para-hydroxylation sites is 1. The van der Waals surface area contributed by atoms with Gasteiger partial charge in [0.15, 0.2) is 0 Å². The van der Waals surface area contributed by atoms with Crippen molar-refractivity contribution in [3.05, 3.63) is 53.5 Å². The second kappa shape index (κ2) is 5.14. The van der Waals surface area contributed by atoms with E-state index in [2.05, 4.69) is 10.3 Å². The first-order chi connectivity index (χ1) is 9.11. The van der Waals surface area contributed by atoms with Crippen LogP contribution >= 0.6 is 0 Å². The summed E-state index contributed by atoms with van der Waals surface area (Å²) in [5.74, 6) is -1.35. The number of anilines is 2. The molecule has 0 aliphatic carbocycles. The summed E-state index contributed by atoms with van der Waals surface area (Å²) in [6.07, 6.45) is 0.926. The van der Waals surface area contributed by atoms with Crippen LogP contribution in [-0.2, 0) is 0 Å². The normalized spacial score (nSPS) is 9.68. The second-order valence-electron chi connectivity index (χ2n) is 3.70. The highest BCUT2D eigenvalue weighted by Gasteiger charge is 2.13. The van der Waals surface area contributed by atoms with Gasteiger partial charge in [-0.2, -0.15) is 5.26 Å². The molecule has 0 radical (unpaired) electrons. The van der Waals surface area contributed by atoms with Crippen LogP contribution in [0.2, 0.25) is 0 Å². The number of carbonyl (C=O) groups is 1. The standard InChI is InChI=1S/C13H9FN4O/c14-9-5-10(12(16)17-7-9)13(19)18-11-4-2-1-3-8(11)6-15/h1-5,7H,(H2,16,17)(H,18,19). The molecule has 3 N–H and O–H groups in total. The fourth-order valence-corrected chi connectivity index (χ4v) is 1.51. The zero-order chi connectivity index (χ0) is 13.8. The van der Waals surface area contributed by atoms with E-state index in [1.807, 2.05) is 6.07 Å². The average molecular weight is 256 g/mol. The van der Waals surface area contributed by atoms with Crippen LogP contribution in [-0.4, -0.2) is 10.9 Å². The van der Waals surface area contributed by atoms with Crippen molar-refractivity contribution < 1.29 is 9.18 Å². The van der Waals surface area contributed by atoms with Crippen molar-refractivity contribution >= 4 is 17.4 Å². The lowest BCUT2D eigenvalue weighted by Gasteiger charge is -2.08. The Bertz CT molecular complexity index is 679. The minimum Gasteiger partial charge on any atom is -0.383 e. The molecule has 5 nitrogen and oxygen atoms in total. The van der Waals surface area contributed by atoms with Gasteiger partial charge in [0.25, 0.3) is 5.91 Å². The van der Waals surface area contributed by atoms with Gasteiger partial charge in [0, 0.05) is 0 Å². The van der Waals surface area contributed by atoms with E-state index in [-0.39, 0.29) is 11.4 Å². The molecule has 1 heterocycles. The number of nitriles is 1. The summed E-state index contributed by atoms with van der Waals surface area (Å²) in [6.45, 7) is 0. The van der Waals surface area contributed by atoms with Crippen molar-refractivity contribution in [2.24, 2.45) is 0 Å². The molecule has 0 atom stereocenters. The highest BCUT2D eigenvalue weighted by atomic mass is 19.1. The zero-order valence-electron chi connectivity index (χ0n) is 9.72. The van der Waals surface area contributed by atoms with Gasteiger partial charge in [0.2, 0.25) is 0 Å². The lowest BCUT2D eigenvalue weighted by Crippen LogP contribution is -2.16. The molecule has 94 valence electrons. The number of amides is 1. The predicted octanol–water partition coefficient (Wildman–Crippen LogP) is 1.93. The fourth-order valence-electron chi connectivity index (χ4n) is 1.51. The largest absolute Gasteiger partial charge is 0.383 e. The Hall–Kier alpha value is -2.94. The van der Waals surface area contributed by atoms with E-state index < -0.39 is 11.7 Å². The number of halogens is 1. The van der Waals surface area contributed by atoms with Crippen molar-refractivity contribution in [1.29, 1.82) is 5.26 Å². The second-order valence-corrected chi connectivity index (χ2v) is 3.70. The molecule has 0 spiro atoms. The molecule has 2 aromatic rings. The maximum atomic E-state index is 13.0. The number of benzene rings is 1. The summed E-state index contributed by atoms with van der Waals surface area (Å²) < 4.78 is 13.0. The Morgan fingerprint density at radius 3 is 2.89 bits per heavy atom. The first kappa shape index (κ1) is 12.5. The van der Waals surface area contributed by atoms with Crippen LogP contribution in [0, 0.1) is 17.1 Å². The SMILES string of the molecule is N#Cc1ccccc1NC(=O)c1cc(F)cnc1N. The average Bonchev–Trinajstić information content (AvgIpc) is 2.42. The lowest BCUT2D eigenvalue weighted by molar-refractivity contribution is 0.102. The molecule has 1 aromatic carbocycles. The molecule has 0 unspecified atom stereocenters. The number of carbonyl (C=O) groups excluding carboxylic acids is 1. The van der Waals surface area contributed by atoms with Crippen LogP contribution < -0.4 is 11.1 Å². The number of nitrogens with one attached hydrogen (secondary N) is 1. The Balaban J connectivity index is 2.31. The van der Waals surface area contributed by atoms with Crippen LogP contribution in [0.1, 0.15) is 15.9 Å². The first-order valence-corrected chi connectivity index (χ1v) is 5.33. The van der Waals surface area contributed by atoms with Crippen molar-refractivity contribution in [2.75, 3.05) is 11.1 Å². The number of nitrogens with zero attached hydrogens (tertiary/aromatic N) is 2. The monoisotopic (exact) mass is 256 g/mol. The van der Waals surface area contributed by atoms with Crippen molar-refractivity contribution in [3.63, 3.8) is 0 Å². The van der Waals surface area contributed by atoms with Gasteiger partial charge in [-0.05, 0) is 18.2 Å². The molecule has 1 amide bonds. The van der Waals surface area contributed by atoms with E-state index in [4.69, 9.17) is 11.0 Å². The summed E-state index contributed by atoms with van der Waals surface area (Å²) in [4.78, 5) is 15.5. The van der Waals surface area contributed by atoms with Crippen LogP contribution in [0.3, 0.4) is 0 Å². The zero-order valence-corrected chi connectivity index (χ0v) is 9.72. The minimum absolute atomic E-state index is 0.0756. The van der Waals surface area contributed by atoms with E-state index >= 15 is 0 Å². The molecule has 0 aliphatic heterocycles. The molecule has 19 heavy (non-hydrogen) atoms. The molecule has 1 aromatic heterocycles. The van der Waals surface area contributed by atoms with E-state index in [1.165, 1.54) is 0 Å². The molecule has 6 heteroatoms. The van der Waals surface area contributed by atoms with E-state index in [9.17, 15) is 9.18 Å². The van der Waals surface area contributed by atoms with Gasteiger partial charge >= 0.3 is 0 Å². The third-order valence-electron chi connectivity index (χ3n) is 2.43. The molecule has 0 saturated heterocycles. The van der Waals surface area contributed by atoms with Crippen molar-refractivity contribution in [3.8, 4) is 6.07 Å². The van der Waals surface area contributed by atoms with Gasteiger partial charge in [-0.3, -0.25) is 4.79 Å². The van der Waals surface area contributed by atoms with Crippen molar-refractivity contribution in [1.82, 2.24) is 4.98 Å². The quantitative estimate of drug-likeness (QED) is 0.858. The van der Waals surface area contributed by atoms with E-state index in [0.29, 0.717) is 11.3 Å². The molecular weight excluding hydrogens is 247 g/mol. The summed E-state index contributed by atoms with van der Waals surface area (Å²) in [6, 6.07) is 9.41. The lowest BCUT2D eigenvalue weighted by atomic mass is 10.1. The number of aromatic nitrogens is 1. The number of hydrogen-bond acceptors (Lipinski definition) is 4. The smallest absolute Gasteiger partial charge is 0.259 e. The summed E-state index contributed by atoms with van der Waals surface area (Å²) in [5.41, 5.74) is 6.07. The third-order valence-corrected chi connectivity index (χ3v) is 2.43. The third kappa shape index (κ3) is 2.66. The predicted molar refractivity (Wildman–Crippen MR) is 67.7 cm³/mol. The first-order valence-electron chi connectivity index (χ1n) is 5.33. The van der Waals surface area contributed by atoms with E-state index in [0.717, 1.165) is 12.3 Å². The van der Waals surface area contributed by atoms with Gasteiger partial charge in [0.05, 0.1) is 23.0 Å². The molecule has 0 saturated carbocycles. The Labute approximate surface area is 108 Å². The molecule has 0 bridgehead atoms. The molecule has 0 aliphatic rings. The molecular formula is C13H9FN4O. The highest BCUT2D eigenvalue weighted by molar-refractivity contribution is 6.07. The summed E-state index contributed by atoms with van der Waals surface area (Å²) >= 11 is 0. The maximum Gasteiger partial charge on any atom is 0.259 e. The van der Waals surface area contributed by atoms with Crippen LogP contribution in [0.25, 0.3) is 0 Å². The molecule has 2 rings (SSSR count).